The van der Waals surface area contributed by atoms with Crippen molar-refractivity contribution in [1.82, 2.24) is 15.0 Å². The summed E-state index contributed by atoms with van der Waals surface area (Å²) in [5, 5.41) is 38.6. The Morgan fingerprint density at radius 3 is 2.35 bits per heavy atom. The van der Waals surface area contributed by atoms with Gasteiger partial charge in [-0.3, -0.25) is 0 Å². The molecule has 0 spiro atoms. The third-order valence-corrected chi connectivity index (χ3v) is 4.94. The molecule has 1 fully saturated rings. The van der Waals surface area contributed by atoms with Crippen LogP contribution in [0.5, 0.6) is 5.75 Å². The molecular weight excluding hydrogens is 419 g/mol. The molecule has 2 aromatic carbocycles. The summed E-state index contributed by atoms with van der Waals surface area (Å²) in [6.07, 6.45) is -4.01. The SMILES string of the molecule is OCC1O[C@H](Oc2ccccc2)C(O)C(n2cc(-c3cc(F)c(F)c(F)c3)nn2)[C@H]1O. The molecule has 11 heteroatoms. The highest BCUT2D eigenvalue weighted by Gasteiger charge is 2.47. The highest BCUT2D eigenvalue weighted by atomic mass is 19.2. The Morgan fingerprint density at radius 1 is 1.03 bits per heavy atom. The number of aliphatic hydroxyl groups excluding tert-OH is 3. The fraction of sp³-hybridized carbons (Fsp3) is 0.300. The lowest BCUT2D eigenvalue weighted by molar-refractivity contribution is -0.260. The lowest BCUT2D eigenvalue weighted by Crippen LogP contribution is -2.57. The monoisotopic (exact) mass is 437 g/mol. The summed E-state index contributed by atoms with van der Waals surface area (Å²) in [6, 6.07) is 8.80. The maximum atomic E-state index is 13.6. The Bertz CT molecular complexity index is 1030. The van der Waals surface area contributed by atoms with Gasteiger partial charge in [0, 0.05) is 5.56 Å². The quantitative estimate of drug-likeness (QED) is 0.518. The smallest absolute Gasteiger partial charge is 0.228 e. The molecule has 0 radical (unpaired) electrons. The van der Waals surface area contributed by atoms with Crippen LogP contribution in [0.15, 0.2) is 48.7 Å². The van der Waals surface area contributed by atoms with Gasteiger partial charge in [0.2, 0.25) is 6.29 Å². The summed E-state index contributed by atoms with van der Waals surface area (Å²) in [5.74, 6) is -4.02. The number of aromatic nitrogens is 3. The number of para-hydroxylation sites is 1. The zero-order valence-electron chi connectivity index (χ0n) is 15.8. The van der Waals surface area contributed by atoms with Gasteiger partial charge in [0.15, 0.2) is 17.5 Å². The first-order valence-electron chi connectivity index (χ1n) is 9.30. The van der Waals surface area contributed by atoms with Gasteiger partial charge >= 0.3 is 0 Å². The number of hydrogen-bond acceptors (Lipinski definition) is 7. The second kappa shape index (κ2) is 8.63. The van der Waals surface area contributed by atoms with E-state index in [1.165, 1.54) is 6.20 Å². The zero-order valence-corrected chi connectivity index (χ0v) is 15.8. The van der Waals surface area contributed by atoms with Crippen LogP contribution in [0.2, 0.25) is 0 Å². The Balaban J connectivity index is 1.64. The molecule has 1 saturated heterocycles. The molecule has 164 valence electrons. The molecule has 3 unspecified atom stereocenters. The van der Waals surface area contributed by atoms with Gasteiger partial charge in [0.1, 0.15) is 35.8 Å². The van der Waals surface area contributed by atoms with E-state index in [2.05, 4.69) is 10.3 Å². The largest absolute Gasteiger partial charge is 0.462 e. The van der Waals surface area contributed by atoms with Crippen molar-refractivity contribution in [2.75, 3.05) is 6.61 Å². The van der Waals surface area contributed by atoms with Crippen molar-refractivity contribution in [3.8, 4) is 17.0 Å². The Kier molecular flexibility index (Phi) is 5.92. The highest BCUT2D eigenvalue weighted by molar-refractivity contribution is 5.57. The van der Waals surface area contributed by atoms with E-state index in [9.17, 15) is 28.5 Å². The molecule has 0 bridgehead atoms. The van der Waals surface area contributed by atoms with Gasteiger partial charge in [0.25, 0.3) is 0 Å². The van der Waals surface area contributed by atoms with E-state index < -0.39 is 54.7 Å². The summed E-state index contributed by atoms with van der Waals surface area (Å²) < 4.78 is 52.5. The number of hydrogen-bond donors (Lipinski definition) is 3. The van der Waals surface area contributed by atoms with E-state index in [1.54, 1.807) is 30.3 Å². The summed E-state index contributed by atoms with van der Waals surface area (Å²) in [5.41, 5.74) is -0.112. The van der Waals surface area contributed by atoms with Crippen LogP contribution in [0.1, 0.15) is 6.04 Å². The summed E-state index contributed by atoms with van der Waals surface area (Å²) in [4.78, 5) is 0. The maximum absolute atomic E-state index is 13.6. The number of rotatable bonds is 5. The van der Waals surface area contributed by atoms with Crippen molar-refractivity contribution in [2.45, 2.75) is 30.6 Å². The molecule has 1 aliphatic rings. The second-order valence-corrected chi connectivity index (χ2v) is 6.97. The van der Waals surface area contributed by atoms with E-state index in [0.29, 0.717) is 5.75 Å². The third-order valence-electron chi connectivity index (χ3n) is 4.94. The second-order valence-electron chi connectivity index (χ2n) is 6.97. The summed E-state index contributed by atoms with van der Waals surface area (Å²) >= 11 is 0. The number of halogens is 3. The van der Waals surface area contributed by atoms with E-state index in [-0.39, 0.29) is 11.3 Å². The number of nitrogens with zero attached hydrogens (tertiary/aromatic N) is 3. The van der Waals surface area contributed by atoms with Crippen LogP contribution in [0.25, 0.3) is 11.3 Å². The number of aliphatic hydroxyl groups is 3. The fourth-order valence-corrected chi connectivity index (χ4v) is 3.37. The molecule has 5 atom stereocenters. The molecule has 2 heterocycles. The lowest BCUT2D eigenvalue weighted by Gasteiger charge is -2.41. The summed E-state index contributed by atoms with van der Waals surface area (Å²) in [6.45, 7) is -0.574. The van der Waals surface area contributed by atoms with Crippen molar-refractivity contribution in [2.24, 2.45) is 0 Å². The van der Waals surface area contributed by atoms with Gasteiger partial charge in [0.05, 0.1) is 12.8 Å². The molecule has 0 amide bonds. The number of benzene rings is 2. The minimum Gasteiger partial charge on any atom is -0.462 e. The van der Waals surface area contributed by atoms with Crippen LogP contribution in [0, 0.1) is 17.5 Å². The number of ether oxygens (including phenoxy) is 2. The predicted octanol–water partition coefficient (Wildman–Crippen LogP) is 1.42. The third kappa shape index (κ3) is 4.12. The van der Waals surface area contributed by atoms with E-state index >= 15 is 0 Å². The normalized spacial score (nSPS) is 26.1. The van der Waals surface area contributed by atoms with Gasteiger partial charge in [-0.05, 0) is 24.3 Å². The lowest BCUT2D eigenvalue weighted by atomic mass is 9.96. The fourth-order valence-electron chi connectivity index (χ4n) is 3.37. The first kappa shape index (κ1) is 21.2. The average Bonchev–Trinajstić information content (AvgIpc) is 3.24. The molecule has 8 nitrogen and oxygen atoms in total. The Morgan fingerprint density at radius 2 is 1.71 bits per heavy atom. The van der Waals surface area contributed by atoms with Crippen LogP contribution in [0.3, 0.4) is 0 Å². The van der Waals surface area contributed by atoms with Gasteiger partial charge in [-0.2, -0.15) is 0 Å². The predicted molar refractivity (Wildman–Crippen MR) is 99.2 cm³/mol. The van der Waals surface area contributed by atoms with Gasteiger partial charge in [-0.1, -0.05) is 23.4 Å². The first-order valence-corrected chi connectivity index (χ1v) is 9.30. The van der Waals surface area contributed by atoms with E-state index in [4.69, 9.17) is 9.47 Å². The van der Waals surface area contributed by atoms with Crippen LogP contribution in [-0.2, 0) is 4.74 Å². The van der Waals surface area contributed by atoms with Crippen molar-refractivity contribution in [3.63, 3.8) is 0 Å². The standard InChI is InChI=1S/C20H18F3N3O5/c21-12-6-10(7-13(22)16(12)23)14-8-26(25-24-14)17-18(28)15(9-27)31-20(19(17)29)30-11-4-2-1-3-5-11/h1-8,15,17-20,27-29H,9H2/t15?,17?,18-,19?,20-/m0/s1. The zero-order chi connectivity index (χ0) is 22.1. The molecule has 4 rings (SSSR count). The molecule has 0 saturated carbocycles. The van der Waals surface area contributed by atoms with Crippen molar-refractivity contribution in [1.29, 1.82) is 0 Å². The topological polar surface area (TPSA) is 110 Å². The van der Waals surface area contributed by atoms with E-state index in [0.717, 1.165) is 16.8 Å². The first-order chi connectivity index (χ1) is 14.9. The minimum absolute atomic E-state index is 0.0234. The van der Waals surface area contributed by atoms with Crippen molar-refractivity contribution >= 4 is 0 Å². The van der Waals surface area contributed by atoms with Crippen LogP contribution >= 0.6 is 0 Å². The molecular formula is C20H18F3N3O5. The van der Waals surface area contributed by atoms with E-state index in [1.807, 2.05) is 0 Å². The van der Waals surface area contributed by atoms with Gasteiger partial charge < -0.3 is 24.8 Å². The van der Waals surface area contributed by atoms with Crippen LogP contribution < -0.4 is 4.74 Å². The maximum Gasteiger partial charge on any atom is 0.228 e. The molecule has 0 aliphatic carbocycles. The summed E-state index contributed by atoms with van der Waals surface area (Å²) in [7, 11) is 0. The van der Waals surface area contributed by atoms with Gasteiger partial charge in [-0.25, -0.2) is 17.9 Å². The van der Waals surface area contributed by atoms with Crippen molar-refractivity contribution < 1.29 is 38.0 Å². The molecule has 3 aromatic rings. The average molecular weight is 437 g/mol. The highest BCUT2D eigenvalue weighted by Crippen LogP contribution is 2.32. The van der Waals surface area contributed by atoms with Crippen LogP contribution in [0.4, 0.5) is 13.2 Å². The molecule has 31 heavy (non-hydrogen) atoms. The van der Waals surface area contributed by atoms with Crippen LogP contribution in [-0.4, -0.2) is 61.5 Å². The molecule has 3 N–H and O–H groups in total. The Hall–Kier alpha value is -2.99. The van der Waals surface area contributed by atoms with Gasteiger partial charge in [-0.15, -0.1) is 5.10 Å². The van der Waals surface area contributed by atoms with Crippen molar-refractivity contribution in [3.05, 3.63) is 66.1 Å². The minimum atomic E-state index is -1.61. The molecule has 1 aromatic heterocycles. The molecule has 1 aliphatic heterocycles. The Labute approximate surface area is 174 Å².